The molecular weight excluding hydrogens is 414 g/mol. The average molecular weight is 438 g/mol. The van der Waals surface area contributed by atoms with E-state index < -0.39 is 0 Å². The molecule has 4 rings (SSSR count). The van der Waals surface area contributed by atoms with E-state index in [9.17, 15) is 14.4 Å². The number of nitrogens with zero attached hydrogens (tertiary/aromatic N) is 3. The SMILES string of the molecule is CC(C)OCCCn1c(SCN2C(=O)c3ccccc3C2=O)nc2ccccc2c1=O. The normalized spacial score (nSPS) is 13.5. The summed E-state index contributed by atoms with van der Waals surface area (Å²) in [5.74, 6) is -0.569. The Kier molecular flexibility index (Phi) is 6.20. The predicted octanol–water partition coefficient (Wildman–Crippen LogP) is 3.56. The van der Waals surface area contributed by atoms with Gasteiger partial charge in [0.05, 0.1) is 34.0 Å². The molecule has 31 heavy (non-hydrogen) atoms. The van der Waals surface area contributed by atoms with Gasteiger partial charge in [-0.25, -0.2) is 4.98 Å². The van der Waals surface area contributed by atoms with Gasteiger partial charge in [0.1, 0.15) is 0 Å². The fraction of sp³-hybridized carbons (Fsp3) is 0.304. The predicted molar refractivity (Wildman–Crippen MR) is 119 cm³/mol. The standard InChI is InChI=1S/C23H23N3O4S/c1-15(2)30-13-7-12-25-22(29)18-10-5-6-11-19(18)24-23(25)31-14-26-20(27)16-8-3-4-9-17(16)21(26)28/h3-6,8-11,15H,7,12-14H2,1-2H3. The van der Waals surface area contributed by atoms with Crippen molar-refractivity contribution in [2.75, 3.05) is 12.5 Å². The van der Waals surface area contributed by atoms with Crippen LogP contribution in [0, 0.1) is 0 Å². The van der Waals surface area contributed by atoms with Crippen LogP contribution in [0.2, 0.25) is 0 Å². The minimum Gasteiger partial charge on any atom is -0.379 e. The Morgan fingerprint density at radius 3 is 2.29 bits per heavy atom. The van der Waals surface area contributed by atoms with Crippen molar-refractivity contribution in [1.82, 2.24) is 14.5 Å². The van der Waals surface area contributed by atoms with E-state index in [0.29, 0.717) is 46.8 Å². The number of thioether (sulfide) groups is 1. The molecule has 0 N–H and O–H groups in total. The molecule has 2 amide bonds. The number of aromatic nitrogens is 2. The van der Waals surface area contributed by atoms with Crippen molar-refractivity contribution in [3.8, 4) is 0 Å². The lowest BCUT2D eigenvalue weighted by Crippen LogP contribution is -2.30. The molecule has 8 heteroatoms. The number of hydrogen-bond donors (Lipinski definition) is 0. The number of hydrogen-bond acceptors (Lipinski definition) is 6. The minimum absolute atomic E-state index is 0.0830. The van der Waals surface area contributed by atoms with Crippen LogP contribution in [0.25, 0.3) is 10.9 Å². The van der Waals surface area contributed by atoms with Gasteiger partial charge in [0.15, 0.2) is 5.16 Å². The average Bonchev–Trinajstić information content (AvgIpc) is 3.01. The van der Waals surface area contributed by atoms with Crippen LogP contribution in [0.5, 0.6) is 0 Å². The lowest BCUT2D eigenvalue weighted by molar-refractivity contribution is 0.0684. The van der Waals surface area contributed by atoms with Gasteiger partial charge in [-0.3, -0.25) is 23.9 Å². The molecule has 1 aliphatic heterocycles. The van der Waals surface area contributed by atoms with Gasteiger partial charge in [0.2, 0.25) is 0 Å². The van der Waals surface area contributed by atoms with E-state index in [4.69, 9.17) is 4.74 Å². The summed E-state index contributed by atoms with van der Waals surface area (Å²) in [6.07, 6.45) is 0.771. The fourth-order valence-corrected chi connectivity index (χ4v) is 4.45. The maximum absolute atomic E-state index is 13.1. The molecule has 0 aliphatic carbocycles. The number of ether oxygens (including phenoxy) is 1. The molecule has 2 aromatic carbocycles. The molecule has 0 saturated carbocycles. The first-order valence-corrected chi connectivity index (χ1v) is 11.1. The van der Waals surface area contributed by atoms with Gasteiger partial charge < -0.3 is 4.74 Å². The Balaban J connectivity index is 1.59. The maximum atomic E-state index is 13.1. The zero-order valence-corrected chi connectivity index (χ0v) is 18.2. The largest absolute Gasteiger partial charge is 0.379 e. The Bertz CT molecular complexity index is 1170. The monoisotopic (exact) mass is 437 g/mol. The van der Waals surface area contributed by atoms with Gasteiger partial charge in [-0.2, -0.15) is 0 Å². The van der Waals surface area contributed by atoms with E-state index in [2.05, 4.69) is 4.98 Å². The van der Waals surface area contributed by atoms with Crippen molar-refractivity contribution in [2.45, 2.75) is 38.1 Å². The molecule has 0 spiro atoms. The number of carbonyl (C=O) groups is 2. The molecule has 7 nitrogen and oxygen atoms in total. The molecule has 1 aromatic heterocycles. The van der Waals surface area contributed by atoms with Gasteiger partial charge >= 0.3 is 0 Å². The van der Waals surface area contributed by atoms with E-state index in [0.717, 1.165) is 0 Å². The zero-order valence-electron chi connectivity index (χ0n) is 17.4. The van der Waals surface area contributed by atoms with Crippen LogP contribution in [0.4, 0.5) is 0 Å². The van der Waals surface area contributed by atoms with Crippen molar-refractivity contribution in [2.24, 2.45) is 0 Å². The number of carbonyl (C=O) groups excluding carboxylic acids is 2. The third-order valence-corrected chi connectivity index (χ3v) is 5.96. The molecule has 0 unspecified atom stereocenters. The Labute approximate surface area is 184 Å². The highest BCUT2D eigenvalue weighted by molar-refractivity contribution is 7.99. The molecule has 1 aliphatic rings. The van der Waals surface area contributed by atoms with Crippen LogP contribution in [0.3, 0.4) is 0 Å². The van der Waals surface area contributed by atoms with Crippen molar-refractivity contribution < 1.29 is 14.3 Å². The third kappa shape index (κ3) is 4.26. The molecule has 0 atom stereocenters. The first-order valence-electron chi connectivity index (χ1n) is 10.2. The van der Waals surface area contributed by atoms with Gasteiger partial charge in [0.25, 0.3) is 17.4 Å². The number of para-hydroxylation sites is 1. The summed E-state index contributed by atoms with van der Waals surface area (Å²) in [4.78, 5) is 44.3. The van der Waals surface area contributed by atoms with Crippen molar-refractivity contribution in [3.05, 3.63) is 70.0 Å². The van der Waals surface area contributed by atoms with Gasteiger partial charge in [-0.15, -0.1) is 0 Å². The number of amides is 2. The van der Waals surface area contributed by atoms with Gasteiger partial charge in [-0.1, -0.05) is 36.0 Å². The number of imide groups is 1. The summed E-state index contributed by atoms with van der Waals surface area (Å²) >= 11 is 1.21. The van der Waals surface area contributed by atoms with E-state index in [-0.39, 0.29) is 29.4 Å². The second kappa shape index (κ2) is 9.03. The highest BCUT2D eigenvalue weighted by Crippen LogP contribution is 2.27. The van der Waals surface area contributed by atoms with Crippen LogP contribution in [0.1, 0.15) is 41.0 Å². The second-order valence-electron chi connectivity index (χ2n) is 7.50. The van der Waals surface area contributed by atoms with Gasteiger partial charge in [0, 0.05) is 13.2 Å². The van der Waals surface area contributed by atoms with Crippen molar-refractivity contribution >= 4 is 34.5 Å². The Morgan fingerprint density at radius 2 is 1.61 bits per heavy atom. The summed E-state index contributed by atoms with van der Waals surface area (Å²) in [6, 6.07) is 14.0. The summed E-state index contributed by atoms with van der Waals surface area (Å²) in [6.45, 7) is 4.90. The molecule has 0 saturated heterocycles. The van der Waals surface area contributed by atoms with E-state index >= 15 is 0 Å². The van der Waals surface area contributed by atoms with Crippen LogP contribution in [-0.4, -0.2) is 44.9 Å². The zero-order chi connectivity index (χ0) is 22.0. The lowest BCUT2D eigenvalue weighted by Gasteiger charge is -2.17. The second-order valence-corrected chi connectivity index (χ2v) is 8.41. The summed E-state index contributed by atoms with van der Waals surface area (Å²) in [7, 11) is 0. The molecular formula is C23H23N3O4S. The highest BCUT2D eigenvalue weighted by atomic mass is 32.2. The van der Waals surface area contributed by atoms with Crippen LogP contribution in [-0.2, 0) is 11.3 Å². The Morgan fingerprint density at radius 1 is 0.968 bits per heavy atom. The highest BCUT2D eigenvalue weighted by Gasteiger charge is 2.35. The topological polar surface area (TPSA) is 81.5 Å². The van der Waals surface area contributed by atoms with E-state index in [1.165, 1.54) is 16.7 Å². The fourth-order valence-electron chi connectivity index (χ4n) is 3.48. The van der Waals surface area contributed by atoms with Crippen LogP contribution in [0.15, 0.2) is 58.5 Å². The maximum Gasteiger partial charge on any atom is 0.262 e. The number of benzene rings is 2. The Hall–Kier alpha value is -2.97. The third-order valence-electron chi connectivity index (χ3n) is 5.00. The van der Waals surface area contributed by atoms with Crippen molar-refractivity contribution in [3.63, 3.8) is 0 Å². The van der Waals surface area contributed by atoms with Crippen LogP contribution < -0.4 is 5.56 Å². The first-order chi connectivity index (χ1) is 15.0. The molecule has 3 aromatic rings. The first kappa shape index (κ1) is 21.3. The summed E-state index contributed by atoms with van der Waals surface area (Å²) < 4.78 is 7.20. The minimum atomic E-state index is -0.326. The molecule has 0 fully saturated rings. The number of fused-ring (bicyclic) bond motifs is 2. The molecule has 160 valence electrons. The smallest absolute Gasteiger partial charge is 0.262 e. The molecule has 0 radical (unpaired) electrons. The van der Waals surface area contributed by atoms with E-state index in [1.807, 2.05) is 26.0 Å². The van der Waals surface area contributed by atoms with E-state index in [1.54, 1.807) is 41.0 Å². The molecule has 0 bridgehead atoms. The number of rotatable bonds is 8. The quantitative estimate of drug-likeness (QED) is 0.232. The van der Waals surface area contributed by atoms with Gasteiger partial charge in [-0.05, 0) is 44.5 Å². The summed E-state index contributed by atoms with van der Waals surface area (Å²) in [5, 5.41) is 1.02. The van der Waals surface area contributed by atoms with Crippen LogP contribution >= 0.6 is 11.8 Å². The molecule has 2 heterocycles. The summed E-state index contributed by atoms with van der Waals surface area (Å²) in [5.41, 5.74) is 1.26. The van der Waals surface area contributed by atoms with Crippen molar-refractivity contribution in [1.29, 1.82) is 0 Å². The lowest BCUT2D eigenvalue weighted by atomic mass is 10.1.